The fraction of sp³-hybridized carbons (Fsp3) is 0.0909. The first kappa shape index (κ1) is 19.5. The maximum absolute atomic E-state index is 14.6. The van der Waals surface area contributed by atoms with E-state index in [1.54, 1.807) is 53.2 Å². The minimum atomic E-state index is -0.786. The summed E-state index contributed by atoms with van der Waals surface area (Å²) in [6.45, 7) is -0.718. The Morgan fingerprint density at radius 2 is 1.80 bits per heavy atom. The molecule has 2 heterocycles. The molecule has 0 radical (unpaired) electrons. The van der Waals surface area contributed by atoms with E-state index < -0.39 is 24.3 Å². The van der Waals surface area contributed by atoms with Crippen molar-refractivity contribution in [2.24, 2.45) is 0 Å². The molecule has 6 nitrogen and oxygen atoms in total. The molecule has 0 atom stereocenters. The highest BCUT2D eigenvalue weighted by Crippen LogP contribution is 2.28. The van der Waals surface area contributed by atoms with Crippen molar-refractivity contribution < 1.29 is 23.4 Å². The minimum Gasteiger partial charge on any atom is -0.453 e. The lowest BCUT2D eigenvalue weighted by atomic mass is 10.0. The second-order valence-electron chi connectivity index (χ2n) is 6.55. The zero-order valence-corrected chi connectivity index (χ0v) is 15.9. The number of nitrogens with zero attached hydrogens (tertiary/aromatic N) is 2. The van der Waals surface area contributed by atoms with E-state index in [0.29, 0.717) is 22.6 Å². The number of rotatable bonds is 4. The van der Waals surface area contributed by atoms with Crippen LogP contribution < -0.4 is 5.32 Å². The highest BCUT2D eigenvalue weighted by Gasteiger charge is 2.15. The third-order valence-corrected chi connectivity index (χ3v) is 4.72. The topological polar surface area (TPSA) is 75.9 Å². The molecule has 0 saturated heterocycles. The Morgan fingerprint density at radius 1 is 1.07 bits per heavy atom. The molecule has 152 valence electrons. The first-order valence-corrected chi connectivity index (χ1v) is 9.02. The summed E-state index contributed by atoms with van der Waals surface area (Å²) in [5, 5.41) is 11.8. The van der Waals surface area contributed by atoms with E-state index in [1.807, 2.05) is 0 Å². The first-order valence-electron chi connectivity index (χ1n) is 9.02. The number of nitrogens with one attached hydrogen (secondary N) is 1. The number of aromatic nitrogens is 2. The van der Waals surface area contributed by atoms with E-state index >= 15 is 0 Å². The average molecular weight is 409 g/mol. The van der Waals surface area contributed by atoms with Crippen molar-refractivity contribution >= 4 is 17.4 Å². The van der Waals surface area contributed by atoms with Gasteiger partial charge in [0.15, 0.2) is 0 Å². The standard InChI is InChI=1S/C22H17F2N3O3/c1-30-22(29)25-15-5-2-13(3-6-15)19-11-27-10-14(4-9-20(27)26-19)16-7-8-18(23)17(12-28)21(16)24/h2-11,28H,12H2,1H3,(H,25,29). The Hall–Kier alpha value is -3.78. The van der Waals surface area contributed by atoms with Crippen LogP contribution in [0.2, 0.25) is 0 Å². The van der Waals surface area contributed by atoms with Crippen molar-refractivity contribution in [2.45, 2.75) is 6.61 Å². The van der Waals surface area contributed by atoms with Crippen molar-refractivity contribution in [3.05, 3.63) is 78.1 Å². The van der Waals surface area contributed by atoms with Gasteiger partial charge in [-0.05, 0) is 36.4 Å². The first-order chi connectivity index (χ1) is 14.5. The maximum atomic E-state index is 14.6. The van der Waals surface area contributed by atoms with Crippen LogP contribution >= 0.6 is 0 Å². The number of imidazole rings is 1. The molecule has 2 aromatic heterocycles. The van der Waals surface area contributed by atoms with Gasteiger partial charge in [0.25, 0.3) is 0 Å². The molecule has 2 N–H and O–H groups in total. The monoisotopic (exact) mass is 409 g/mol. The van der Waals surface area contributed by atoms with Crippen LogP contribution in [0.25, 0.3) is 28.0 Å². The van der Waals surface area contributed by atoms with Crippen molar-refractivity contribution in [3.8, 4) is 22.4 Å². The van der Waals surface area contributed by atoms with E-state index in [-0.39, 0.29) is 11.1 Å². The van der Waals surface area contributed by atoms with Crippen LogP contribution in [0.3, 0.4) is 0 Å². The lowest BCUT2D eigenvalue weighted by Crippen LogP contribution is -2.10. The van der Waals surface area contributed by atoms with E-state index in [1.165, 1.54) is 13.2 Å². The van der Waals surface area contributed by atoms with Gasteiger partial charge in [0, 0.05) is 40.3 Å². The van der Waals surface area contributed by atoms with Crippen LogP contribution in [-0.2, 0) is 11.3 Å². The van der Waals surface area contributed by atoms with Gasteiger partial charge in [-0.3, -0.25) is 5.32 Å². The highest BCUT2D eigenvalue weighted by molar-refractivity contribution is 5.85. The molecule has 1 amide bonds. The molecule has 0 spiro atoms. The number of amides is 1. The predicted octanol–water partition coefficient (Wildman–Crippen LogP) is 4.62. The summed E-state index contributed by atoms with van der Waals surface area (Å²) in [7, 11) is 1.29. The number of anilines is 1. The Morgan fingerprint density at radius 3 is 2.50 bits per heavy atom. The zero-order chi connectivity index (χ0) is 21.3. The van der Waals surface area contributed by atoms with Gasteiger partial charge in [-0.15, -0.1) is 0 Å². The summed E-state index contributed by atoms with van der Waals surface area (Å²) >= 11 is 0. The SMILES string of the molecule is COC(=O)Nc1ccc(-c2cn3cc(-c4ccc(F)c(CO)c4F)ccc3n2)cc1. The van der Waals surface area contributed by atoms with Gasteiger partial charge in [-0.25, -0.2) is 18.6 Å². The summed E-state index contributed by atoms with van der Waals surface area (Å²) in [6.07, 6.45) is 2.92. The number of aliphatic hydroxyl groups is 1. The number of pyridine rings is 1. The number of ether oxygens (including phenoxy) is 1. The summed E-state index contributed by atoms with van der Waals surface area (Å²) in [6, 6.07) is 13.0. The van der Waals surface area contributed by atoms with Crippen LogP contribution in [0, 0.1) is 11.6 Å². The van der Waals surface area contributed by atoms with Gasteiger partial charge >= 0.3 is 6.09 Å². The molecule has 30 heavy (non-hydrogen) atoms. The number of hydrogen-bond acceptors (Lipinski definition) is 4. The number of hydrogen-bond donors (Lipinski definition) is 2. The van der Waals surface area contributed by atoms with E-state index in [0.717, 1.165) is 11.6 Å². The smallest absolute Gasteiger partial charge is 0.411 e. The number of fused-ring (bicyclic) bond motifs is 1. The third kappa shape index (κ3) is 3.60. The van der Waals surface area contributed by atoms with Crippen molar-refractivity contribution in [3.63, 3.8) is 0 Å². The van der Waals surface area contributed by atoms with Crippen LogP contribution in [0.4, 0.5) is 19.3 Å². The van der Waals surface area contributed by atoms with Crippen LogP contribution in [0.15, 0.2) is 60.9 Å². The summed E-state index contributed by atoms with van der Waals surface area (Å²) in [5.74, 6) is -1.57. The molecule has 4 rings (SSSR count). The Balaban J connectivity index is 1.67. The molecule has 0 fully saturated rings. The molecule has 0 aliphatic carbocycles. The summed E-state index contributed by atoms with van der Waals surface area (Å²) in [5.41, 5.74) is 3.10. The Kier molecular flexibility index (Phi) is 5.16. The van der Waals surface area contributed by atoms with E-state index in [2.05, 4.69) is 15.0 Å². The summed E-state index contributed by atoms with van der Waals surface area (Å²) in [4.78, 5) is 15.8. The Labute approximate surface area is 170 Å². The molecule has 0 saturated carbocycles. The average Bonchev–Trinajstić information content (AvgIpc) is 3.18. The lowest BCUT2D eigenvalue weighted by Gasteiger charge is -2.08. The highest BCUT2D eigenvalue weighted by atomic mass is 19.1. The number of carbonyl (C=O) groups is 1. The van der Waals surface area contributed by atoms with Crippen LogP contribution in [0.1, 0.15) is 5.56 Å². The van der Waals surface area contributed by atoms with Gasteiger partial charge in [-0.2, -0.15) is 0 Å². The van der Waals surface area contributed by atoms with Gasteiger partial charge in [0.05, 0.1) is 19.4 Å². The number of benzene rings is 2. The van der Waals surface area contributed by atoms with Gasteiger partial charge in [-0.1, -0.05) is 12.1 Å². The van der Waals surface area contributed by atoms with E-state index in [9.17, 15) is 18.7 Å². The largest absolute Gasteiger partial charge is 0.453 e. The van der Waals surface area contributed by atoms with Crippen LogP contribution in [0.5, 0.6) is 0 Å². The third-order valence-electron chi connectivity index (χ3n) is 4.72. The van der Waals surface area contributed by atoms with Gasteiger partial charge in [0.2, 0.25) is 0 Å². The molecule has 2 aromatic carbocycles. The fourth-order valence-corrected chi connectivity index (χ4v) is 3.15. The van der Waals surface area contributed by atoms with Crippen molar-refractivity contribution in [2.75, 3.05) is 12.4 Å². The minimum absolute atomic E-state index is 0.191. The molecular formula is C22H17F2N3O3. The Bertz CT molecular complexity index is 1240. The number of halogens is 2. The normalized spacial score (nSPS) is 10.9. The van der Waals surface area contributed by atoms with Gasteiger partial charge < -0.3 is 14.2 Å². The fourth-order valence-electron chi connectivity index (χ4n) is 3.15. The van der Waals surface area contributed by atoms with Crippen LogP contribution in [-0.4, -0.2) is 27.7 Å². The second-order valence-corrected chi connectivity index (χ2v) is 6.55. The van der Waals surface area contributed by atoms with Gasteiger partial charge in [0.1, 0.15) is 17.3 Å². The molecule has 0 aliphatic rings. The van der Waals surface area contributed by atoms with Crippen molar-refractivity contribution in [1.82, 2.24) is 9.38 Å². The van der Waals surface area contributed by atoms with E-state index in [4.69, 9.17) is 0 Å². The molecule has 4 aromatic rings. The quantitative estimate of drug-likeness (QED) is 0.516. The molecule has 0 unspecified atom stereocenters. The number of carbonyl (C=O) groups excluding carboxylic acids is 1. The molecular weight excluding hydrogens is 392 g/mol. The maximum Gasteiger partial charge on any atom is 0.411 e. The zero-order valence-electron chi connectivity index (χ0n) is 15.9. The molecule has 0 bridgehead atoms. The predicted molar refractivity (Wildman–Crippen MR) is 108 cm³/mol. The number of aliphatic hydroxyl groups excluding tert-OH is 1. The summed E-state index contributed by atoms with van der Waals surface area (Å²) < 4.78 is 34.5. The number of methoxy groups -OCH3 is 1. The molecule has 0 aliphatic heterocycles. The second kappa shape index (κ2) is 7.92. The molecule has 8 heteroatoms. The van der Waals surface area contributed by atoms with Crippen molar-refractivity contribution in [1.29, 1.82) is 0 Å². The lowest BCUT2D eigenvalue weighted by molar-refractivity contribution is 0.187.